The van der Waals surface area contributed by atoms with Crippen molar-refractivity contribution in [2.24, 2.45) is 0 Å². The van der Waals surface area contributed by atoms with Crippen molar-refractivity contribution in [2.45, 2.75) is 12.8 Å². The van der Waals surface area contributed by atoms with Gasteiger partial charge in [0.05, 0.1) is 11.0 Å². The number of nitrogens with zero attached hydrogens (tertiary/aromatic N) is 2. The maximum absolute atomic E-state index is 10.9. The largest absolute Gasteiger partial charge is 0.486 e. The first kappa shape index (κ1) is 11.2. The van der Waals surface area contributed by atoms with Gasteiger partial charge in [0.1, 0.15) is 13.2 Å². The van der Waals surface area contributed by atoms with Gasteiger partial charge in [-0.15, -0.1) is 0 Å². The minimum atomic E-state index is -0.497. The first-order chi connectivity index (χ1) is 8.22. The van der Waals surface area contributed by atoms with Gasteiger partial charge in [0.25, 0.3) is 0 Å². The lowest BCUT2D eigenvalue weighted by molar-refractivity contribution is -0.386. The van der Waals surface area contributed by atoms with Crippen LogP contribution in [-0.4, -0.2) is 18.1 Å². The van der Waals surface area contributed by atoms with Gasteiger partial charge in [-0.2, -0.15) is 5.26 Å². The number of nitro benzene ring substituents is 1. The predicted octanol–water partition coefficient (Wildman–Crippen LogP) is 1.82. The van der Waals surface area contributed by atoms with Crippen LogP contribution in [-0.2, 0) is 6.42 Å². The van der Waals surface area contributed by atoms with Crippen LogP contribution in [0.2, 0.25) is 0 Å². The number of hydrogen-bond acceptors (Lipinski definition) is 5. The van der Waals surface area contributed by atoms with Crippen LogP contribution in [0.1, 0.15) is 12.0 Å². The van der Waals surface area contributed by atoms with Crippen LogP contribution >= 0.6 is 0 Å². The molecule has 17 heavy (non-hydrogen) atoms. The molecule has 0 aromatic heterocycles. The van der Waals surface area contributed by atoms with E-state index < -0.39 is 4.92 Å². The third-order valence-corrected chi connectivity index (χ3v) is 2.40. The van der Waals surface area contributed by atoms with Crippen molar-refractivity contribution in [1.29, 1.82) is 5.26 Å². The molecule has 1 aliphatic heterocycles. The Balaban J connectivity index is 2.41. The lowest BCUT2D eigenvalue weighted by Crippen LogP contribution is -2.16. The van der Waals surface area contributed by atoms with Crippen LogP contribution in [0.25, 0.3) is 0 Å². The number of nitriles is 1. The second-order valence-electron chi connectivity index (χ2n) is 3.55. The van der Waals surface area contributed by atoms with Gasteiger partial charge in [-0.1, -0.05) is 0 Å². The molecule has 1 aromatic carbocycles. The summed E-state index contributed by atoms with van der Waals surface area (Å²) in [6, 6.07) is 5.13. The topological polar surface area (TPSA) is 85.4 Å². The number of ether oxygens (including phenoxy) is 2. The molecule has 0 atom stereocenters. The molecule has 1 aliphatic rings. The summed E-state index contributed by atoms with van der Waals surface area (Å²) in [4.78, 5) is 10.4. The Hall–Kier alpha value is -2.29. The lowest BCUT2D eigenvalue weighted by Gasteiger charge is -2.18. The van der Waals surface area contributed by atoms with Crippen molar-refractivity contribution in [2.75, 3.05) is 13.2 Å². The summed E-state index contributed by atoms with van der Waals surface area (Å²) >= 11 is 0. The van der Waals surface area contributed by atoms with E-state index in [2.05, 4.69) is 0 Å². The van der Waals surface area contributed by atoms with Crippen molar-refractivity contribution >= 4 is 5.69 Å². The van der Waals surface area contributed by atoms with E-state index in [1.807, 2.05) is 6.07 Å². The minimum absolute atomic E-state index is 0.102. The van der Waals surface area contributed by atoms with Gasteiger partial charge in [0, 0.05) is 12.5 Å². The molecule has 6 nitrogen and oxygen atoms in total. The smallest absolute Gasteiger partial charge is 0.315 e. The highest BCUT2D eigenvalue weighted by molar-refractivity contribution is 5.58. The van der Waals surface area contributed by atoms with E-state index in [1.165, 1.54) is 6.07 Å². The number of nitro groups is 1. The maximum atomic E-state index is 10.9. The Morgan fingerprint density at radius 1 is 1.41 bits per heavy atom. The molecule has 1 heterocycles. The maximum Gasteiger partial charge on any atom is 0.315 e. The van der Waals surface area contributed by atoms with Gasteiger partial charge in [0.15, 0.2) is 5.75 Å². The minimum Gasteiger partial charge on any atom is -0.486 e. The summed E-state index contributed by atoms with van der Waals surface area (Å²) in [5, 5.41) is 19.4. The van der Waals surface area contributed by atoms with Crippen molar-refractivity contribution < 1.29 is 14.4 Å². The molecule has 0 saturated carbocycles. The zero-order valence-corrected chi connectivity index (χ0v) is 9.01. The van der Waals surface area contributed by atoms with E-state index in [1.54, 1.807) is 6.07 Å². The van der Waals surface area contributed by atoms with Crippen LogP contribution in [0.5, 0.6) is 11.5 Å². The Morgan fingerprint density at radius 2 is 2.18 bits per heavy atom. The second-order valence-corrected chi connectivity index (χ2v) is 3.55. The highest BCUT2D eigenvalue weighted by atomic mass is 16.6. The van der Waals surface area contributed by atoms with E-state index in [0.29, 0.717) is 37.4 Å². The van der Waals surface area contributed by atoms with Crippen molar-refractivity contribution in [3.8, 4) is 17.6 Å². The fourth-order valence-electron chi connectivity index (χ4n) is 1.67. The number of rotatable bonds is 3. The lowest BCUT2D eigenvalue weighted by atomic mass is 10.1. The fourth-order valence-corrected chi connectivity index (χ4v) is 1.67. The summed E-state index contributed by atoms with van der Waals surface area (Å²) in [6.45, 7) is 0.692. The SMILES string of the molecule is N#CCCc1cc2c(c([N+](=O)[O-])c1)OCCO2. The standard InChI is InChI=1S/C11H10N2O4/c12-3-1-2-8-6-9(13(14)15)11-10(7-8)16-4-5-17-11/h6-7H,1-2,4-5H2. The highest BCUT2D eigenvalue weighted by Crippen LogP contribution is 2.40. The molecule has 88 valence electrons. The summed E-state index contributed by atoms with van der Waals surface area (Å²) < 4.78 is 10.6. The molecule has 0 amide bonds. The first-order valence-electron chi connectivity index (χ1n) is 5.16. The molecule has 0 unspecified atom stereocenters. The molecule has 0 bridgehead atoms. The fraction of sp³-hybridized carbons (Fsp3) is 0.364. The Morgan fingerprint density at radius 3 is 2.88 bits per heavy atom. The molecular formula is C11H10N2O4. The number of aryl methyl sites for hydroxylation is 1. The predicted molar refractivity (Wildman–Crippen MR) is 58.0 cm³/mol. The molecule has 0 fully saturated rings. The summed E-state index contributed by atoms with van der Waals surface area (Å²) in [6.07, 6.45) is 0.783. The van der Waals surface area contributed by atoms with E-state index >= 15 is 0 Å². The van der Waals surface area contributed by atoms with Gasteiger partial charge in [-0.05, 0) is 18.1 Å². The average Bonchev–Trinajstić information content (AvgIpc) is 2.35. The Labute approximate surface area is 97.5 Å². The quantitative estimate of drug-likeness (QED) is 0.588. The van der Waals surface area contributed by atoms with Crippen molar-refractivity contribution in [3.63, 3.8) is 0 Å². The monoisotopic (exact) mass is 234 g/mol. The number of hydrogen-bond donors (Lipinski definition) is 0. The molecular weight excluding hydrogens is 224 g/mol. The van der Waals surface area contributed by atoms with Crippen LogP contribution in [0.15, 0.2) is 12.1 Å². The third kappa shape index (κ3) is 2.28. The zero-order chi connectivity index (χ0) is 12.3. The van der Waals surface area contributed by atoms with Crippen LogP contribution in [0, 0.1) is 21.4 Å². The normalized spacial score (nSPS) is 12.9. The van der Waals surface area contributed by atoms with E-state index in [0.717, 1.165) is 0 Å². The van der Waals surface area contributed by atoms with Gasteiger partial charge in [-0.3, -0.25) is 10.1 Å². The van der Waals surface area contributed by atoms with Gasteiger partial charge < -0.3 is 9.47 Å². The Bertz CT molecular complexity index is 493. The number of benzene rings is 1. The molecule has 6 heteroatoms. The molecule has 1 aromatic rings. The second kappa shape index (κ2) is 4.70. The third-order valence-electron chi connectivity index (χ3n) is 2.40. The molecule has 0 N–H and O–H groups in total. The van der Waals surface area contributed by atoms with Gasteiger partial charge in [0.2, 0.25) is 5.75 Å². The molecule has 0 aliphatic carbocycles. The van der Waals surface area contributed by atoms with Crippen LogP contribution in [0.4, 0.5) is 5.69 Å². The van der Waals surface area contributed by atoms with Crippen LogP contribution in [0.3, 0.4) is 0 Å². The van der Waals surface area contributed by atoms with Gasteiger partial charge in [-0.25, -0.2) is 0 Å². The molecule has 2 rings (SSSR count). The zero-order valence-electron chi connectivity index (χ0n) is 9.01. The van der Waals surface area contributed by atoms with Crippen molar-refractivity contribution in [3.05, 3.63) is 27.8 Å². The van der Waals surface area contributed by atoms with E-state index in [4.69, 9.17) is 14.7 Å². The summed E-state index contributed by atoms with van der Waals surface area (Å²) in [7, 11) is 0. The Kier molecular flexibility index (Phi) is 3.10. The van der Waals surface area contributed by atoms with Gasteiger partial charge >= 0.3 is 5.69 Å². The summed E-state index contributed by atoms with van der Waals surface area (Å²) in [5.41, 5.74) is 0.609. The van der Waals surface area contributed by atoms with E-state index in [9.17, 15) is 10.1 Å². The highest BCUT2D eigenvalue weighted by Gasteiger charge is 2.24. The molecule has 0 spiro atoms. The van der Waals surface area contributed by atoms with Crippen LogP contribution < -0.4 is 9.47 Å². The van der Waals surface area contributed by atoms with Crippen molar-refractivity contribution in [1.82, 2.24) is 0 Å². The van der Waals surface area contributed by atoms with E-state index in [-0.39, 0.29) is 11.4 Å². The summed E-state index contributed by atoms with van der Waals surface area (Å²) in [5.74, 6) is 0.570. The molecule has 0 saturated heterocycles. The first-order valence-corrected chi connectivity index (χ1v) is 5.16. The average molecular weight is 234 g/mol. The molecule has 0 radical (unpaired) electrons. The number of fused-ring (bicyclic) bond motifs is 1.